The first-order chi connectivity index (χ1) is 5.76. The zero-order valence-corrected chi connectivity index (χ0v) is 17.1. The van der Waals surface area contributed by atoms with E-state index in [1.165, 1.54) is 30.1 Å². The fourth-order valence-corrected chi connectivity index (χ4v) is 2.35. The molecule has 0 amide bonds. The molecule has 0 spiro atoms. The summed E-state index contributed by atoms with van der Waals surface area (Å²) in [4.78, 5) is 0. The van der Waals surface area contributed by atoms with Crippen molar-refractivity contribution < 1.29 is 13.3 Å². The Bertz CT molecular complexity index is 67.3. The van der Waals surface area contributed by atoms with E-state index < -0.39 is 0 Å². The molecular formula is C8H17I3Sn-. The predicted octanol–water partition coefficient (Wildman–Crippen LogP) is 1.57. The third-order valence-electron chi connectivity index (χ3n) is 1.83. The van der Waals surface area contributed by atoms with Gasteiger partial charge in [-0.15, -0.1) is 0 Å². The summed E-state index contributed by atoms with van der Waals surface area (Å²) in [5, 5.41) is 0. The summed E-state index contributed by atoms with van der Waals surface area (Å²) in [7, 11) is 0. The maximum atomic E-state index is 2.39. The maximum absolute atomic E-state index is 2.39. The normalized spacial score (nSPS) is 12.1. The van der Waals surface area contributed by atoms with Crippen LogP contribution in [0.15, 0.2) is 0 Å². The first-order valence-electron chi connectivity index (χ1n) is 4.28. The van der Waals surface area contributed by atoms with Crippen molar-refractivity contribution in [3.63, 3.8) is 0 Å². The van der Waals surface area contributed by atoms with E-state index in [0.29, 0.717) is 13.3 Å². The van der Waals surface area contributed by atoms with Crippen molar-refractivity contribution in [3.8, 4) is 0 Å². The van der Waals surface area contributed by atoms with Crippen LogP contribution in [0.4, 0.5) is 0 Å². The molecule has 1 unspecified atom stereocenters. The molecule has 0 aliphatic rings. The van der Waals surface area contributed by atoms with E-state index in [1.54, 1.807) is 22.5 Å². The second-order valence-electron chi connectivity index (χ2n) is 2.67. The molecule has 75 valence electrons. The Kier molecular flexibility index (Phi) is 23.8. The molecular weight excluding hydrogens is 596 g/mol. The van der Waals surface area contributed by atoms with E-state index in [4.69, 9.17) is 0 Å². The molecule has 0 heterocycles. The second-order valence-corrected chi connectivity index (χ2v) is 20.1. The van der Waals surface area contributed by atoms with E-state index in [-0.39, 0.29) is 0 Å². The van der Waals surface area contributed by atoms with Crippen LogP contribution >= 0.6 is 37.2 Å². The van der Waals surface area contributed by atoms with Gasteiger partial charge in [0.2, 0.25) is 0 Å². The second kappa shape index (κ2) is 16.4. The van der Waals surface area contributed by atoms with Crippen LogP contribution in [0.5, 0.6) is 0 Å². The molecule has 0 aromatic heterocycles. The van der Waals surface area contributed by atoms with Gasteiger partial charge in [-0.05, 0) is 0 Å². The van der Waals surface area contributed by atoms with Gasteiger partial charge in [0, 0.05) is 0 Å². The van der Waals surface area contributed by atoms with Gasteiger partial charge in [-0.3, -0.25) is 0 Å². The molecule has 0 aliphatic carbocycles. The van der Waals surface area contributed by atoms with E-state index in [9.17, 15) is 0 Å². The van der Waals surface area contributed by atoms with Gasteiger partial charge in [0.15, 0.2) is 0 Å². The van der Waals surface area contributed by atoms with Crippen molar-refractivity contribution in [2.75, 3.05) is 0 Å². The van der Waals surface area contributed by atoms with Crippen LogP contribution in [0.2, 0.25) is 4.44 Å². The zero-order valence-electron chi connectivity index (χ0n) is 7.75. The number of hydrogen-bond donors (Lipinski definition) is 0. The van der Waals surface area contributed by atoms with Crippen molar-refractivity contribution in [2.24, 2.45) is 5.92 Å². The molecule has 0 aromatic carbocycles. The van der Waals surface area contributed by atoms with Crippen LogP contribution in [0.3, 0.4) is 0 Å². The molecule has 0 N–H and O–H groups in total. The Balaban J connectivity index is 0. The summed E-state index contributed by atoms with van der Waals surface area (Å²) < 4.78 is 1.46. The Hall–Kier alpha value is 2.99. The number of rotatable bonds is 5. The van der Waals surface area contributed by atoms with Gasteiger partial charge in [-0.1, -0.05) is 0 Å². The van der Waals surface area contributed by atoms with Gasteiger partial charge in [0.25, 0.3) is 0 Å². The molecule has 0 aromatic rings. The monoisotopic (exact) mass is 614 g/mol. The van der Waals surface area contributed by atoms with Crippen molar-refractivity contribution in [2.45, 2.75) is 44.0 Å². The molecule has 1 atom stereocenters. The fourth-order valence-electron chi connectivity index (χ4n) is 0.943. The standard InChI is InChI=1S/C8H17.I3.Sn/c1-4-6-7-8(3)5-2;1-3-2;/h8H,3-7H2,1-2H3;;/q;-1;. The number of unbranched alkanes of at least 4 members (excludes halogenated alkanes) is 1. The van der Waals surface area contributed by atoms with E-state index >= 15 is 0 Å². The van der Waals surface area contributed by atoms with Crippen LogP contribution in [-0.2, 0) is 0 Å². The van der Waals surface area contributed by atoms with Crippen LogP contribution in [0, 0.1) is 5.92 Å². The van der Waals surface area contributed by atoms with Crippen LogP contribution in [0.25, 0.3) is 0 Å². The Labute approximate surface area is 120 Å². The van der Waals surface area contributed by atoms with E-state index in [1.807, 2.05) is 0 Å². The van der Waals surface area contributed by atoms with Crippen LogP contribution < -0.4 is 13.3 Å². The van der Waals surface area contributed by atoms with Crippen LogP contribution in [-0.4, -0.2) is 22.5 Å². The quantitative estimate of drug-likeness (QED) is 0.327. The fraction of sp³-hybridized carbons (Fsp3) is 1.00. The average molecular weight is 613 g/mol. The van der Waals surface area contributed by atoms with Gasteiger partial charge in [-0.2, -0.15) is 0 Å². The van der Waals surface area contributed by atoms with Crippen molar-refractivity contribution >= 4 is 59.8 Å². The Morgan fingerprint density at radius 2 is 1.83 bits per heavy atom. The van der Waals surface area contributed by atoms with Gasteiger partial charge in [0.1, 0.15) is 0 Å². The van der Waals surface area contributed by atoms with Gasteiger partial charge in [-0.25, -0.2) is 0 Å². The first-order valence-corrected chi connectivity index (χ1v) is 18.9. The predicted molar refractivity (Wildman–Crippen MR) is 71.9 cm³/mol. The molecule has 3 radical (unpaired) electrons. The summed E-state index contributed by atoms with van der Waals surface area (Å²) in [6.07, 6.45) is 5.67. The molecule has 0 saturated heterocycles. The molecule has 0 fully saturated rings. The first kappa shape index (κ1) is 17.4. The summed E-state index contributed by atoms with van der Waals surface area (Å²) in [5.74, 6) is 1.04. The van der Waals surface area contributed by atoms with Crippen LogP contribution in [0.1, 0.15) is 39.5 Å². The van der Waals surface area contributed by atoms with Gasteiger partial charge >= 0.3 is 123 Å². The van der Waals surface area contributed by atoms with Crippen molar-refractivity contribution in [1.29, 1.82) is 0 Å². The van der Waals surface area contributed by atoms with Gasteiger partial charge < -0.3 is 0 Å². The molecule has 0 aliphatic heterocycles. The number of halogens is 3. The molecule has 0 nitrogen and oxygen atoms in total. The SMILES string of the molecule is CCCCC(CC)[CH2][Sn].I[I-]I. The van der Waals surface area contributed by atoms with E-state index in [0.717, 1.165) is 5.92 Å². The number of hydrogen-bond acceptors (Lipinski definition) is 0. The third kappa shape index (κ3) is 15.5. The molecule has 0 saturated carbocycles. The molecule has 4 heteroatoms. The summed E-state index contributed by atoms with van der Waals surface area (Å²) in [6.45, 7) is 4.58. The minimum absolute atomic E-state index is 0.530. The minimum atomic E-state index is 0.530. The Morgan fingerprint density at radius 3 is 2.08 bits per heavy atom. The molecule has 0 rings (SSSR count). The zero-order chi connectivity index (χ0) is 9.82. The molecule has 0 bridgehead atoms. The summed E-state index contributed by atoms with van der Waals surface area (Å²) in [5.41, 5.74) is 0. The summed E-state index contributed by atoms with van der Waals surface area (Å²) in [6, 6.07) is 0. The van der Waals surface area contributed by atoms with E-state index in [2.05, 4.69) is 51.1 Å². The Morgan fingerprint density at radius 1 is 1.33 bits per heavy atom. The van der Waals surface area contributed by atoms with Crippen molar-refractivity contribution in [3.05, 3.63) is 0 Å². The topological polar surface area (TPSA) is 0 Å². The average Bonchev–Trinajstić information content (AvgIpc) is 2.08. The molecule has 12 heavy (non-hydrogen) atoms. The third-order valence-corrected chi connectivity index (χ3v) is 3.48. The van der Waals surface area contributed by atoms with Gasteiger partial charge in [0.05, 0.1) is 0 Å². The summed E-state index contributed by atoms with van der Waals surface area (Å²) >= 11 is 7.01. The van der Waals surface area contributed by atoms with Crippen molar-refractivity contribution in [1.82, 2.24) is 0 Å².